The van der Waals surface area contributed by atoms with Gasteiger partial charge in [-0.25, -0.2) is 4.79 Å². The molecule has 0 aliphatic heterocycles. The molecular weight excluding hydrogens is 196 g/mol. The van der Waals surface area contributed by atoms with Crippen molar-refractivity contribution in [1.82, 2.24) is 9.55 Å². The number of carbonyl (C=O) groups excluding carboxylic acids is 1. The molecule has 5 heteroatoms. The fourth-order valence-electron chi connectivity index (χ4n) is 1.29. The number of aromatic amines is 1. The fourth-order valence-corrected chi connectivity index (χ4v) is 1.29. The van der Waals surface area contributed by atoms with Crippen LogP contribution in [-0.2, 0) is 0 Å². The number of nitrogens with one attached hydrogen (secondary N) is 1. The van der Waals surface area contributed by atoms with E-state index in [2.05, 4.69) is 4.98 Å². The number of carbonyl (C=O) groups is 1. The first-order valence-electron chi connectivity index (χ1n) is 4.27. The Hall–Kier alpha value is -2.30. The molecule has 1 aromatic carbocycles. The first kappa shape index (κ1) is 9.26. The van der Waals surface area contributed by atoms with Crippen LogP contribution in [0.5, 0.6) is 5.88 Å². The minimum absolute atomic E-state index is 0.195. The second kappa shape index (κ2) is 3.45. The summed E-state index contributed by atoms with van der Waals surface area (Å²) in [6, 6.07) is 6.44. The SMILES string of the molecule is O=Cc1ccc(-n2cc(O)[nH]c2=O)cc1. The Morgan fingerprint density at radius 2 is 1.93 bits per heavy atom. The number of rotatable bonds is 2. The molecule has 0 aliphatic carbocycles. The van der Waals surface area contributed by atoms with Crippen molar-refractivity contribution in [3.63, 3.8) is 0 Å². The monoisotopic (exact) mass is 204 g/mol. The summed E-state index contributed by atoms with van der Waals surface area (Å²) in [7, 11) is 0. The molecule has 1 heterocycles. The predicted octanol–water partition coefficient (Wildman–Crippen LogP) is 0.684. The Kier molecular flexibility index (Phi) is 2.13. The van der Waals surface area contributed by atoms with E-state index >= 15 is 0 Å². The van der Waals surface area contributed by atoms with Crippen molar-refractivity contribution >= 4 is 6.29 Å². The molecule has 0 radical (unpaired) electrons. The number of benzene rings is 1. The molecule has 0 unspecified atom stereocenters. The van der Waals surface area contributed by atoms with Gasteiger partial charge in [0.25, 0.3) is 0 Å². The Bertz CT molecular complexity index is 537. The van der Waals surface area contributed by atoms with Crippen LogP contribution < -0.4 is 5.69 Å². The zero-order valence-corrected chi connectivity index (χ0v) is 7.68. The Morgan fingerprint density at radius 1 is 1.27 bits per heavy atom. The average Bonchev–Trinajstić information content (AvgIpc) is 2.58. The largest absolute Gasteiger partial charge is 0.493 e. The van der Waals surface area contributed by atoms with E-state index in [-0.39, 0.29) is 5.88 Å². The third-order valence-electron chi connectivity index (χ3n) is 2.01. The van der Waals surface area contributed by atoms with Gasteiger partial charge in [-0.3, -0.25) is 14.3 Å². The van der Waals surface area contributed by atoms with E-state index in [1.807, 2.05) is 0 Å². The number of H-pyrrole nitrogens is 1. The van der Waals surface area contributed by atoms with Gasteiger partial charge in [0.2, 0.25) is 5.88 Å². The normalized spacial score (nSPS) is 10.1. The maximum absolute atomic E-state index is 11.3. The summed E-state index contributed by atoms with van der Waals surface area (Å²) in [6.07, 6.45) is 2.00. The van der Waals surface area contributed by atoms with Crippen molar-refractivity contribution in [3.8, 4) is 11.6 Å². The van der Waals surface area contributed by atoms with Crippen LogP contribution in [0.4, 0.5) is 0 Å². The predicted molar refractivity (Wildman–Crippen MR) is 53.4 cm³/mol. The second-order valence-corrected chi connectivity index (χ2v) is 3.02. The molecule has 0 amide bonds. The van der Waals surface area contributed by atoms with Crippen LogP contribution in [-0.4, -0.2) is 20.9 Å². The van der Waals surface area contributed by atoms with Crippen molar-refractivity contribution in [2.75, 3.05) is 0 Å². The van der Waals surface area contributed by atoms with Crippen LogP contribution in [0.1, 0.15) is 10.4 Å². The van der Waals surface area contributed by atoms with E-state index in [4.69, 9.17) is 5.11 Å². The van der Waals surface area contributed by atoms with Gasteiger partial charge in [0.05, 0.1) is 11.9 Å². The number of hydrogen-bond donors (Lipinski definition) is 2. The molecule has 0 spiro atoms. The van der Waals surface area contributed by atoms with Crippen molar-refractivity contribution < 1.29 is 9.90 Å². The zero-order valence-electron chi connectivity index (χ0n) is 7.68. The topological polar surface area (TPSA) is 75.1 Å². The number of nitrogens with zero attached hydrogens (tertiary/aromatic N) is 1. The van der Waals surface area contributed by atoms with Crippen LogP contribution in [0.2, 0.25) is 0 Å². The van der Waals surface area contributed by atoms with E-state index in [0.29, 0.717) is 11.3 Å². The van der Waals surface area contributed by atoms with Gasteiger partial charge in [0, 0.05) is 5.56 Å². The lowest BCUT2D eigenvalue weighted by Crippen LogP contribution is -2.13. The number of aromatic nitrogens is 2. The van der Waals surface area contributed by atoms with E-state index < -0.39 is 5.69 Å². The van der Waals surface area contributed by atoms with Crippen LogP contribution in [0.25, 0.3) is 5.69 Å². The third-order valence-corrected chi connectivity index (χ3v) is 2.01. The van der Waals surface area contributed by atoms with E-state index in [1.165, 1.54) is 10.8 Å². The van der Waals surface area contributed by atoms with Gasteiger partial charge in [-0.1, -0.05) is 0 Å². The molecule has 2 rings (SSSR count). The number of imidazole rings is 1. The maximum Gasteiger partial charge on any atom is 0.332 e. The number of hydrogen-bond acceptors (Lipinski definition) is 3. The maximum atomic E-state index is 11.3. The van der Waals surface area contributed by atoms with Gasteiger partial charge >= 0.3 is 5.69 Å². The van der Waals surface area contributed by atoms with Crippen molar-refractivity contribution in [1.29, 1.82) is 0 Å². The van der Waals surface area contributed by atoms with Gasteiger partial charge in [-0.15, -0.1) is 0 Å². The molecule has 0 bridgehead atoms. The van der Waals surface area contributed by atoms with Gasteiger partial charge < -0.3 is 5.11 Å². The highest BCUT2D eigenvalue weighted by Crippen LogP contribution is 2.09. The average molecular weight is 204 g/mol. The smallest absolute Gasteiger partial charge is 0.332 e. The van der Waals surface area contributed by atoms with Crippen LogP contribution in [0, 0.1) is 0 Å². The molecule has 2 N–H and O–H groups in total. The first-order chi connectivity index (χ1) is 7.20. The first-order valence-corrected chi connectivity index (χ1v) is 4.27. The fraction of sp³-hybridized carbons (Fsp3) is 0. The summed E-state index contributed by atoms with van der Waals surface area (Å²) in [4.78, 5) is 23.9. The summed E-state index contributed by atoms with van der Waals surface area (Å²) in [5, 5.41) is 9.06. The quantitative estimate of drug-likeness (QED) is 0.706. The molecule has 15 heavy (non-hydrogen) atoms. The lowest BCUT2D eigenvalue weighted by atomic mass is 10.2. The van der Waals surface area contributed by atoms with Gasteiger partial charge in [0.15, 0.2) is 0 Å². The van der Waals surface area contributed by atoms with E-state index in [9.17, 15) is 9.59 Å². The van der Waals surface area contributed by atoms with Gasteiger partial charge in [-0.05, 0) is 24.3 Å². The molecular formula is C10H8N2O3. The summed E-state index contributed by atoms with van der Waals surface area (Å²) >= 11 is 0. The van der Waals surface area contributed by atoms with Crippen molar-refractivity contribution in [3.05, 3.63) is 46.5 Å². The molecule has 2 aromatic rings. The lowest BCUT2D eigenvalue weighted by molar-refractivity contribution is 0.112. The highest BCUT2D eigenvalue weighted by molar-refractivity contribution is 5.75. The highest BCUT2D eigenvalue weighted by Gasteiger charge is 2.03. The molecule has 76 valence electrons. The molecule has 0 saturated carbocycles. The zero-order chi connectivity index (χ0) is 10.8. The Balaban J connectivity index is 2.50. The van der Waals surface area contributed by atoms with Crippen LogP contribution in [0.15, 0.2) is 35.3 Å². The standard InChI is InChI=1S/C10H8N2O3/c13-6-7-1-3-8(4-2-7)12-5-9(14)11-10(12)15/h1-6,14H,(H,11,15). The molecule has 0 aliphatic rings. The minimum atomic E-state index is -0.425. The summed E-state index contributed by atoms with van der Waals surface area (Å²) in [5.41, 5.74) is 0.694. The minimum Gasteiger partial charge on any atom is -0.493 e. The number of aromatic hydroxyl groups is 1. The third kappa shape index (κ3) is 1.67. The van der Waals surface area contributed by atoms with Gasteiger partial charge in [0.1, 0.15) is 6.29 Å². The molecule has 5 nitrogen and oxygen atoms in total. The Labute approximate surface area is 84.6 Å². The Morgan fingerprint density at radius 3 is 2.40 bits per heavy atom. The summed E-state index contributed by atoms with van der Waals surface area (Å²) in [5.74, 6) is -0.195. The van der Waals surface area contributed by atoms with E-state index in [0.717, 1.165) is 6.29 Å². The molecule has 0 fully saturated rings. The summed E-state index contributed by atoms with van der Waals surface area (Å²) in [6.45, 7) is 0. The van der Waals surface area contributed by atoms with Crippen LogP contribution in [0.3, 0.4) is 0 Å². The lowest BCUT2D eigenvalue weighted by Gasteiger charge is -1.99. The number of aldehydes is 1. The van der Waals surface area contributed by atoms with Crippen molar-refractivity contribution in [2.24, 2.45) is 0 Å². The van der Waals surface area contributed by atoms with Crippen LogP contribution >= 0.6 is 0 Å². The van der Waals surface area contributed by atoms with E-state index in [1.54, 1.807) is 24.3 Å². The van der Waals surface area contributed by atoms with Gasteiger partial charge in [-0.2, -0.15) is 0 Å². The second-order valence-electron chi connectivity index (χ2n) is 3.02. The highest BCUT2D eigenvalue weighted by atomic mass is 16.3. The van der Waals surface area contributed by atoms with Crippen molar-refractivity contribution in [2.45, 2.75) is 0 Å². The molecule has 0 atom stereocenters. The molecule has 1 aromatic heterocycles. The summed E-state index contributed by atoms with van der Waals surface area (Å²) < 4.78 is 1.25. The molecule has 0 saturated heterocycles.